The zero-order valence-corrected chi connectivity index (χ0v) is 32.1. The van der Waals surface area contributed by atoms with Crippen LogP contribution in [0.1, 0.15) is 54.7 Å². The van der Waals surface area contributed by atoms with Gasteiger partial charge in [0.25, 0.3) is 5.92 Å². The fraction of sp³-hybridized carbons (Fsp3) is 0.513. The Labute approximate surface area is 325 Å². The van der Waals surface area contributed by atoms with Gasteiger partial charge >= 0.3 is 0 Å². The summed E-state index contributed by atoms with van der Waals surface area (Å²) in [7, 11) is -3.56. The number of hydrogen-bond donors (Lipinski definition) is 1. The Morgan fingerprint density at radius 2 is 1.73 bits per heavy atom. The number of nitrogens with zero attached hydrogens (tertiary/aromatic N) is 5. The first kappa shape index (κ1) is 40.7. The van der Waals surface area contributed by atoms with E-state index in [1.165, 1.54) is 4.31 Å². The number of nitriles is 1. The van der Waals surface area contributed by atoms with Crippen molar-refractivity contribution < 1.29 is 35.9 Å². The van der Waals surface area contributed by atoms with Crippen LogP contribution in [0, 0.1) is 17.2 Å². The summed E-state index contributed by atoms with van der Waals surface area (Å²) in [6, 6.07) is 16.9. The van der Waals surface area contributed by atoms with Gasteiger partial charge in [-0.2, -0.15) is 9.57 Å². The van der Waals surface area contributed by atoms with Crippen molar-refractivity contribution in [3.8, 4) is 11.8 Å². The van der Waals surface area contributed by atoms with Crippen LogP contribution in [0.2, 0.25) is 5.02 Å². The van der Waals surface area contributed by atoms with Crippen LogP contribution >= 0.6 is 11.6 Å². The standard InChI is InChI=1S/C39H46ClF3N6O5S/c40-36-24-34(10-5-31(36)26-44)54-33-8-3-30(4-9-33)38(50)46-32-6-1-29(2-7-32)35-12-14-47(27-39(35,42)43)19-20-53-21-22-55(51,52)49-17-15-48(16-18-49)37-23-28(25-41)11-13-45-37/h1-2,5-7,10-11,13,23-24,30,33,35H,3-4,8-9,12,14-22,25,27H2,(H,46,50). The number of sulfonamides is 1. The number of hydrogen-bond acceptors (Lipinski definition) is 9. The van der Waals surface area contributed by atoms with E-state index < -0.39 is 35.1 Å². The maximum Gasteiger partial charge on any atom is 0.267 e. The van der Waals surface area contributed by atoms with E-state index >= 15 is 8.78 Å². The topological polar surface area (TPSA) is 128 Å². The van der Waals surface area contributed by atoms with Crippen LogP contribution < -0.4 is 15.0 Å². The highest BCUT2D eigenvalue weighted by atomic mass is 35.5. The molecule has 1 amide bonds. The molecule has 3 aliphatic rings. The SMILES string of the molecule is N#Cc1ccc(OC2CCC(C(=O)Nc3ccc(C4CCN(CCOCCS(=O)(=O)N5CCN(c6cc(CF)ccn6)CC5)CC4(F)F)cc3)CC2)cc1Cl. The van der Waals surface area contributed by atoms with Gasteiger partial charge < -0.3 is 19.7 Å². The molecule has 0 radical (unpaired) electrons. The quantitative estimate of drug-likeness (QED) is 0.188. The molecule has 1 saturated carbocycles. The number of aromatic nitrogens is 1. The van der Waals surface area contributed by atoms with Crippen molar-refractivity contribution in [1.29, 1.82) is 5.26 Å². The van der Waals surface area contributed by atoms with E-state index in [0.717, 1.165) is 0 Å². The van der Waals surface area contributed by atoms with E-state index in [1.807, 2.05) is 11.0 Å². The van der Waals surface area contributed by atoms with E-state index in [0.29, 0.717) is 84.3 Å². The third-order valence-electron chi connectivity index (χ3n) is 10.6. The number of likely N-dealkylation sites (tertiary alicyclic amines) is 1. The highest BCUT2D eigenvalue weighted by Crippen LogP contribution is 2.40. The summed E-state index contributed by atoms with van der Waals surface area (Å²) in [6.07, 6.45) is 4.39. The minimum Gasteiger partial charge on any atom is -0.490 e. The number of rotatable bonds is 14. The monoisotopic (exact) mass is 802 g/mol. The Kier molecular flexibility index (Phi) is 13.6. The molecule has 55 heavy (non-hydrogen) atoms. The number of ether oxygens (including phenoxy) is 2. The second-order valence-electron chi connectivity index (χ2n) is 14.3. The molecule has 3 fully saturated rings. The minimum atomic E-state index is -3.56. The second kappa shape index (κ2) is 18.3. The molecule has 1 aromatic heterocycles. The number of carbonyl (C=O) groups excluding carboxylic acids is 1. The molecule has 2 aromatic carbocycles. The zero-order valence-electron chi connectivity index (χ0n) is 30.5. The van der Waals surface area contributed by atoms with Crippen molar-refractivity contribution in [2.75, 3.05) is 75.0 Å². The van der Waals surface area contributed by atoms with E-state index in [9.17, 15) is 17.6 Å². The molecular formula is C39H46ClF3N6O5S. The Morgan fingerprint density at radius 1 is 0.982 bits per heavy atom. The lowest BCUT2D eigenvalue weighted by atomic mass is 9.85. The van der Waals surface area contributed by atoms with Crippen LogP contribution in [0.3, 0.4) is 0 Å². The Bertz CT molecular complexity index is 1920. The minimum absolute atomic E-state index is 0.0380. The smallest absolute Gasteiger partial charge is 0.267 e. The zero-order chi connectivity index (χ0) is 39.0. The third-order valence-corrected chi connectivity index (χ3v) is 12.8. The first-order chi connectivity index (χ1) is 26.4. The lowest BCUT2D eigenvalue weighted by Crippen LogP contribution is -2.50. The van der Waals surface area contributed by atoms with E-state index in [2.05, 4.69) is 10.3 Å². The summed E-state index contributed by atoms with van der Waals surface area (Å²) >= 11 is 6.11. The fourth-order valence-corrected chi connectivity index (χ4v) is 8.97. The van der Waals surface area contributed by atoms with E-state index in [1.54, 1.807) is 65.7 Å². The van der Waals surface area contributed by atoms with E-state index in [-0.39, 0.29) is 63.0 Å². The van der Waals surface area contributed by atoms with Crippen LogP contribution in [0.5, 0.6) is 5.75 Å². The number of pyridine rings is 1. The van der Waals surface area contributed by atoms with Gasteiger partial charge in [0.2, 0.25) is 15.9 Å². The predicted octanol–water partition coefficient (Wildman–Crippen LogP) is 6.25. The number of benzene rings is 2. The number of piperazine rings is 1. The summed E-state index contributed by atoms with van der Waals surface area (Å²) < 4.78 is 82.7. The van der Waals surface area contributed by atoms with Gasteiger partial charge in [0.1, 0.15) is 24.3 Å². The molecule has 1 unspecified atom stereocenters. The lowest BCUT2D eigenvalue weighted by molar-refractivity contribution is -0.121. The molecule has 296 valence electrons. The fourth-order valence-electron chi connectivity index (χ4n) is 7.45. The summed E-state index contributed by atoms with van der Waals surface area (Å²) in [4.78, 5) is 20.9. The second-order valence-corrected chi connectivity index (χ2v) is 16.8. The molecule has 2 saturated heterocycles. The summed E-state index contributed by atoms with van der Waals surface area (Å²) in [5.74, 6) is -3.25. The van der Waals surface area contributed by atoms with Gasteiger partial charge in [-0.05, 0) is 86.2 Å². The van der Waals surface area contributed by atoms with Gasteiger partial charge in [0, 0.05) is 56.6 Å². The average Bonchev–Trinajstić information content (AvgIpc) is 3.18. The Hall–Kier alpha value is -3.94. The van der Waals surface area contributed by atoms with Crippen molar-refractivity contribution in [3.63, 3.8) is 0 Å². The molecule has 1 aliphatic carbocycles. The van der Waals surface area contributed by atoms with Crippen molar-refractivity contribution in [1.82, 2.24) is 14.2 Å². The van der Waals surface area contributed by atoms with Crippen LogP contribution in [0.4, 0.5) is 24.7 Å². The molecule has 0 spiro atoms. The van der Waals surface area contributed by atoms with Gasteiger partial charge in [-0.1, -0.05) is 23.7 Å². The van der Waals surface area contributed by atoms with Gasteiger partial charge in [0.05, 0.1) is 48.1 Å². The van der Waals surface area contributed by atoms with Crippen LogP contribution in [0.15, 0.2) is 60.8 Å². The van der Waals surface area contributed by atoms with Crippen LogP contribution in [0.25, 0.3) is 0 Å². The number of carbonyl (C=O) groups is 1. The van der Waals surface area contributed by atoms with Gasteiger partial charge in [0.15, 0.2) is 0 Å². The third kappa shape index (κ3) is 10.7. The highest BCUT2D eigenvalue weighted by molar-refractivity contribution is 7.89. The lowest BCUT2D eigenvalue weighted by Gasteiger charge is -2.38. The molecule has 0 bridgehead atoms. The molecule has 6 rings (SSSR count). The summed E-state index contributed by atoms with van der Waals surface area (Å²) in [6.45, 7) is 1.21. The van der Waals surface area contributed by atoms with Crippen molar-refractivity contribution in [2.24, 2.45) is 5.92 Å². The summed E-state index contributed by atoms with van der Waals surface area (Å²) in [5, 5.41) is 12.3. The van der Waals surface area contributed by atoms with E-state index in [4.69, 9.17) is 26.3 Å². The highest BCUT2D eigenvalue weighted by Gasteiger charge is 2.45. The maximum absolute atomic E-state index is 15.4. The number of halogens is 4. The molecule has 3 aromatic rings. The number of alkyl halides is 3. The summed E-state index contributed by atoms with van der Waals surface area (Å²) in [5.41, 5.74) is 1.97. The largest absolute Gasteiger partial charge is 0.490 e. The normalized spacial score (nSPS) is 22.2. The van der Waals surface area contributed by atoms with Crippen molar-refractivity contribution in [2.45, 2.75) is 56.7 Å². The van der Waals surface area contributed by atoms with Gasteiger partial charge in [-0.15, -0.1) is 0 Å². The number of anilines is 2. The maximum atomic E-state index is 15.4. The Balaban J connectivity index is 0.877. The number of amides is 1. The van der Waals surface area contributed by atoms with Crippen LogP contribution in [-0.4, -0.2) is 105 Å². The first-order valence-corrected chi connectivity index (χ1v) is 20.6. The van der Waals surface area contributed by atoms with Crippen molar-refractivity contribution in [3.05, 3.63) is 82.5 Å². The van der Waals surface area contributed by atoms with Crippen LogP contribution in [-0.2, 0) is 26.2 Å². The molecule has 2 aliphatic heterocycles. The predicted molar refractivity (Wildman–Crippen MR) is 204 cm³/mol. The average molecular weight is 803 g/mol. The molecule has 3 heterocycles. The van der Waals surface area contributed by atoms with Gasteiger partial charge in [-0.25, -0.2) is 26.6 Å². The molecule has 1 atom stereocenters. The molecule has 16 heteroatoms. The molecular weight excluding hydrogens is 757 g/mol. The van der Waals surface area contributed by atoms with Gasteiger partial charge in [-0.3, -0.25) is 9.69 Å². The number of nitrogens with one attached hydrogen (secondary N) is 1. The first-order valence-electron chi connectivity index (χ1n) is 18.6. The molecule has 1 N–H and O–H groups in total. The van der Waals surface area contributed by atoms with Crippen molar-refractivity contribution >= 4 is 39.0 Å². The number of piperidine rings is 1. The Morgan fingerprint density at radius 3 is 2.40 bits per heavy atom. The molecule has 11 nitrogen and oxygen atoms in total.